The van der Waals surface area contributed by atoms with Gasteiger partial charge < -0.3 is 9.80 Å². The first kappa shape index (κ1) is 20.3. The fourth-order valence-corrected chi connectivity index (χ4v) is 4.94. The molecule has 7 nitrogen and oxygen atoms in total. The molecule has 0 aromatic carbocycles. The van der Waals surface area contributed by atoms with Gasteiger partial charge >= 0.3 is 0 Å². The van der Waals surface area contributed by atoms with Crippen molar-refractivity contribution in [1.29, 1.82) is 0 Å². The van der Waals surface area contributed by atoms with E-state index >= 15 is 0 Å². The van der Waals surface area contributed by atoms with Crippen molar-refractivity contribution in [2.24, 2.45) is 5.92 Å². The van der Waals surface area contributed by atoms with Crippen LogP contribution in [0.3, 0.4) is 0 Å². The Labute approximate surface area is 173 Å². The van der Waals surface area contributed by atoms with Gasteiger partial charge in [0.25, 0.3) is 0 Å². The van der Waals surface area contributed by atoms with Gasteiger partial charge in [0.1, 0.15) is 0 Å². The number of carbonyl (C=O) groups excluding carboxylic acids is 2. The van der Waals surface area contributed by atoms with Gasteiger partial charge in [0.2, 0.25) is 11.8 Å². The van der Waals surface area contributed by atoms with Crippen molar-refractivity contribution in [1.82, 2.24) is 24.6 Å². The Bertz CT molecular complexity index is 704. The predicted molar refractivity (Wildman–Crippen MR) is 111 cm³/mol. The number of hydrogen-bond acceptors (Lipinski definition) is 5. The maximum atomic E-state index is 13.0. The van der Waals surface area contributed by atoms with Crippen LogP contribution in [0.2, 0.25) is 0 Å². The molecular formula is C22H33N5O2. The largest absolute Gasteiger partial charge is 0.342 e. The summed E-state index contributed by atoms with van der Waals surface area (Å²) < 4.78 is 0. The summed E-state index contributed by atoms with van der Waals surface area (Å²) in [6.45, 7) is 6.69. The van der Waals surface area contributed by atoms with E-state index in [9.17, 15) is 9.59 Å². The highest BCUT2D eigenvalue weighted by Gasteiger charge is 2.35. The van der Waals surface area contributed by atoms with E-state index in [1.54, 1.807) is 9.80 Å². The fourth-order valence-electron chi connectivity index (χ4n) is 4.94. The van der Waals surface area contributed by atoms with Gasteiger partial charge in [0.05, 0.1) is 12.5 Å². The number of rotatable bonds is 4. The standard InChI is InChI=1S/C22H33N5O2/c1-24-12-13-27(17-21(24)28)22(29)19-5-3-9-26(16-19)20-6-10-25(11-7-20)15-18-4-2-8-23-14-18/h2,4,8,14,19-20H,3,5-7,9-13,15-17H2,1H3/t19-/m1/s1. The summed E-state index contributed by atoms with van der Waals surface area (Å²) in [5.41, 5.74) is 1.27. The minimum atomic E-state index is 0.0494. The number of nitrogens with zero attached hydrogens (tertiary/aromatic N) is 5. The third-order valence-corrected chi connectivity index (χ3v) is 6.77. The molecule has 1 aromatic rings. The molecule has 3 fully saturated rings. The lowest BCUT2D eigenvalue weighted by Gasteiger charge is -2.43. The average Bonchev–Trinajstić information content (AvgIpc) is 2.76. The first-order valence-corrected chi connectivity index (χ1v) is 11.0. The SMILES string of the molecule is CN1CCN(C(=O)[C@@H]2CCCN(C3CCN(Cc4cccnc4)CC3)C2)CC1=O. The molecule has 3 saturated heterocycles. The van der Waals surface area contributed by atoms with E-state index in [-0.39, 0.29) is 24.3 Å². The van der Waals surface area contributed by atoms with Gasteiger partial charge in [0, 0.05) is 51.7 Å². The minimum absolute atomic E-state index is 0.0494. The predicted octanol–water partition coefficient (Wildman–Crippen LogP) is 1.06. The van der Waals surface area contributed by atoms with Crippen LogP contribution in [-0.2, 0) is 16.1 Å². The molecule has 4 heterocycles. The topological polar surface area (TPSA) is 60.0 Å². The maximum Gasteiger partial charge on any atom is 0.241 e. The summed E-state index contributed by atoms with van der Waals surface area (Å²) >= 11 is 0. The number of hydrogen-bond donors (Lipinski definition) is 0. The van der Waals surface area contributed by atoms with Crippen molar-refractivity contribution < 1.29 is 9.59 Å². The number of piperazine rings is 1. The summed E-state index contributed by atoms with van der Waals surface area (Å²) in [4.78, 5) is 37.8. The molecule has 29 heavy (non-hydrogen) atoms. The monoisotopic (exact) mass is 399 g/mol. The number of amides is 2. The maximum absolute atomic E-state index is 13.0. The van der Waals surface area contributed by atoms with Crippen LogP contribution in [0.15, 0.2) is 24.5 Å². The molecule has 0 N–H and O–H groups in total. The molecule has 3 aliphatic rings. The highest BCUT2D eigenvalue weighted by Crippen LogP contribution is 2.26. The van der Waals surface area contributed by atoms with Crippen LogP contribution < -0.4 is 0 Å². The Morgan fingerprint density at radius 3 is 2.69 bits per heavy atom. The van der Waals surface area contributed by atoms with Crippen molar-refractivity contribution in [3.63, 3.8) is 0 Å². The lowest BCUT2D eigenvalue weighted by atomic mass is 9.92. The molecule has 0 radical (unpaired) electrons. The quantitative estimate of drug-likeness (QED) is 0.758. The molecule has 1 atom stereocenters. The van der Waals surface area contributed by atoms with Crippen LogP contribution in [0.5, 0.6) is 0 Å². The molecule has 4 rings (SSSR count). The number of carbonyl (C=O) groups is 2. The van der Waals surface area contributed by atoms with Crippen LogP contribution in [0.1, 0.15) is 31.2 Å². The van der Waals surface area contributed by atoms with Gasteiger partial charge in [-0.3, -0.25) is 24.4 Å². The number of likely N-dealkylation sites (tertiary alicyclic amines) is 2. The molecule has 1 aromatic heterocycles. The lowest BCUT2D eigenvalue weighted by Crippen LogP contribution is -2.55. The molecule has 3 aliphatic heterocycles. The average molecular weight is 400 g/mol. The molecule has 0 spiro atoms. The second kappa shape index (κ2) is 9.22. The van der Waals surface area contributed by atoms with Gasteiger partial charge in [-0.05, 0) is 56.9 Å². The number of aromatic nitrogens is 1. The molecule has 2 amide bonds. The Kier molecular flexibility index (Phi) is 6.45. The summed E-state index contributed by atoms with van der Waals surface area (Å²) in [6, 6.07) is 4.72. The van der Waals surface area contributed by atoms with Crippen LogP contribution in [-0.4, -0.2) is 95.3 Å². The summed E-state index contributed by atoms with van der Waals surface area (Å²) in [7, 11) is 1.81. The zero-order chi connectivity index (χ0) is 20.2. The molecule has 7 heteroatoms. The van der Waals surface area contributed by atoms with Gasteiger partial charge in [-0.15, -0.1) is 0 Å². The first-order chi connectivity index (χ1) is 14.1. The van der Waals surface area contributed by atoms with E-state index in [1.807, 2.05) is 25.5 Å². The van der Waals surface area contributed by atoms with Crippen LogP contribution in [0.4, 0.5) is 0 Å². The van der Waals surface area contributed by atoms with E-state index in [4.69, 9.17) is 0 Å². The minimum Gasteiger partial charge on any atom is -0.342 e. The second-order valence-electron chi connectivity index (χ2n) is 8.78. The summed E-state index contributed by atoms with van der Waals surface area (Å²) in [6.07, 6.45) is 8.13. The number of likely N-dealkylation sites (N-methyl/N-ethyl adjacent to an activating group) is 1. The zero-order valence-corrected chi connectivity index (χ0v) is 17.5. The van der Waals surface area contributed by atoms with Crippen molar-refractivity contribution in [2.45, 2.75) is 38.3 Å². The van der Waals surface area contributed by atoms with Gasteiger partial charge in [-0.1, -0.05) is 6.07 Å². The van der Waals surface area contributed by atoms with Crippen molar-refractivity contribution in [3.05, 3.63) is 30.1 Å². The Hall–Kier alpha value is -1.99. The first-order valence-electron chi connectivity index (χ1n) is 11.0. The van der Waals surface area contributed by atoms with Crippen molar-refractivity contribution >= 4 is 11.8 Å². The van der Waals surface area contributed by atoms with E-state index in [0.29, 0.717) is 19.1 Å². The number of piperidine rings is 2. The lowest BCUT2D eigenvalue weighted by molar-refractivity contribution is -0.148. The van der Waals surface area contributed by atoms with Crippen molar-refractivity contribution in [2.75, 3.05) is 52.9 Å². The summed E-state index contributed by atoms with van der Waals surface area (Å²) in [5, 5.41) is 0. The van der Waals surface area contributed by atoms with E-state index in [1.165, 1.54) is 5.56 Å². The molecule has 0 unspecified atom stereocenters. The highest BCUT2D eigenvalue weighted by molar-refractivity contribution is 5.87. The smallest absolute Gasteiger partial charge is 0.241 e. The van der Waals surface area contributed by atoms with E-state index in [2.05, 4.69) is 20.9 Å². The van der Waals surface area contributed by atoms with Gasteiger partial charge in [-0.25, -0.2) is 0 Å². The van der Waals surface area contributed by atoms with Crippen LogP contribution in [0, 0.1) is 5.92 Å². The third-order valence-electron chi connectivity index (χ3n) is 6.77. The Morgan fingerprint density at radius 2 is 1.97 bits per heavy atom. The zero-order valence-electron chi connectivity index (χ0n) is 17.5. The van der Waals surface area contributed by atoms with E-state index in [0.717, 1.165) is 58.4 Å². The Balaban J connectivity index is 1.27. The summed E-state index contributed by atoms with van der Waals surface area (Å²) in [5.74, 6) is 0.289. The van der Waals surface area contributed by atoms with Crippen LogP contribution >= 0.6 is 0 Å². The molecular weight excluding hydrogens is 366 g/mol. The number of pyridine rings is 1. The van der Waals surface area contributed by atoms with Crippen LogP contribution in [0.25, 0.3) is 0 Å². The molecule has 0 bridgehead atoms. The van der Waals surface area contributed by atoms with E-state index < -0.39 is 0 Å². The second-order valence-corrected chi connectivity index (χ2v) is 8.78. The van der Waals surface area contributed by atoms with Gasteiger partial charge in [-0.2, -0.15) is 0 Å². The van der Waals surface area contributed by atoms with Crippen molar-refractivity contribution in [3.8, 4) is 0 Å². The normalized spacial score (nSPS) is 25.4. The molecule has 0 aliphatic carbocycles. The highest BCUT2D eigenvalue weighted by atomic mass is 16.2. The fraction of sp³-hybridized carbons (Fsp3) is 0.682. The molecule has 0 saturated carbocycles. The van der Waals surface area contributed by atoms with Gasteiger partial charge in [0.15, 0.2) is 0 Å². The third kappa shape index (κ3) is 4.95. The molecule has 158 valence electrons. The Morgan fingerprint density at radius 1 is 1.14 bits per heavy atom.